The van der Waals surface area contributed by atoms with Crippen molar-refractivity contribution in [1.82, 2.24) is 9.97 Å². The Hall–Kier alpha value is -3.78. The molecule has 132 valence electrons. The van der Waals surface area contributed by atoms with E-state index in [2.05, 4.69) is 83.9 Å². The van der Waals surface area contributed by atoms with E-state index in [0.717, 1.165) is 38.6 Å². The van der Waals surface area contributed by atoms with Gasteiger partial charge in [0.25, 0.3) is 0 Å². The number of rotatable bonds is 3. The first-order valence-corrected chi connectivity index (χ1v) is 9.35. The largest absolute Gasteiger partial charge is 0.256 e. The van der Waals surface area contributed by atoms with Crippen LogP contribution in [0.1, 0.15) is 11.1 Å². The number of para-hydroxylation sites is 2. The van der Waals surface area contributed by atoms with Gasteiger partial charge in [-0.3, -0.25) is 4.98 Å². The normalized spacial score (nSPS) is 11.4. The van der Waals surface area contributed by atoms with Crippen molar-refractivity contribution in [2.75, 3.05) is 0 Å². The van der Waals surface area contributed by atoms with Crippen LogP contribution in [-0.4, -0.2) is 9.97 Å². The molecule has 0 aliphatic rings. The van der Waals surface area contributed by atoms with Gasteiger partial charge in [-0.2, -0.15) is 0 Å². The van der Waals surface area contributed by atoms with Crippen LogP contribution in [-0.2, 0) is 0 Å². The molecular weight excluding hydrogens is 340 g/mol. The summed E-state index contributed by atoms with van der Waals surface area (Å²) in [5.74, 6) is 0. The van der Waals surface area contributed by atoms with Gasteiger partial charge in [-0.05, 0) is 17.7 Å². The van der Waals surface area contributed by atoms with E-state index < -0.39 is 0 Å². The van der Waals surface area contributed by atoms with E-state index in [9.17, 15) is 0 Å². The quantitative estimate of drug-likeness (QED) is 0.339. The number of hydrogen-bond acceptors (Lipinski definition) is 2. The fourth-order valence-corrected chi connectivity index (χ4v) is 3.52. The van der Waals surface area contributed by atoms with Crippen LogP contribution in [0.3, 0.4) is 0 Å². The van der Waals surface area contributed by atoms with Crippen molar-refractivity contribution >= 4 is 34.0 Å². The van der Waals surface area contributed by atoms with Crippen molar-refractivity contribution in [3.05, 3.63) is 108 Å². The van der Waals surface area contributed by atoms with Crippen molar-refractivity contribution < 1.29 is 0 Å². The molecule has 0 aliphatic heterocycles. The van der Waals surface area contributed by atoms with E-state index in [4.69, 9.17) is 4.98 Å². The number of fused-ring (bicyclic) bond motifs is 2. The molecule has 2 aromatic heterocycles. The average Bonchev–Trinajstić information content (AvgIpc) is 2.77. The molecule has 2 nitrogen and oxygen atoms in total. The second kappa shape index (κ2) is 7.09. The predicted molar refractivity (Wildman–Crippen MR) is 118 cm³/mol. The Kier molecular flexibility index (Phi) is 4.15. The molecule has 0 fully saturated rings. The van der Waals surface area contributed by atoms with Crippen LogP contribution in [0.15, 0.2) is 97.2 Å². The number of pyridine rings is 2. The molecule has 0 saturated heterocycles. The van der Waals surface area contributed by atoms with Gasteiger partial charge in [0.05, 0.1) is 16.7 Å². The molecule has 2 heterocycles. The third-order valence-corrected chi connectivity index (χ3v) is 4.92. The topological polar surface area (TPSA) is 25.8 Å². The lowest BCUT2D eigenvalue weighted by Gasteiger charge is -2.08. The van der Waals surface area contributed by atoms with Crippen LogP contribution >= 0.6 is 0 Å². The molecule has 0 amide bonds. The summed E-state index contributed by atoms with van der Waals surface area (Å²) in [5, 5.41) is 2.26. The molecule has 0 bridgehead atoms. The standard InChI is InChI=1S/C26H18N2/c1-2-7-19(8-3-1)14-15-21-9-4-10-22-16-17-24(28-25(21)22)23-13-5-11-20-12-6-18-27-26(20)23/h1-18H. The smallest absolute Gasteiger partial charge is 0.0795 e. The fraction of sp³-hybridized carbons (Fsp3) is 0. The van der Waals surface area contributed by atoms with Gasteiger partial charge in [0.1, 0.15) is 0 Å². The zero-order valence-corrected chi connectivity index (χ0v) is 15.3. The van der Waals surface area contributed by atoms with Gasteiger partial charge in [-0.25, -0.2) is 4.98 Å². The van der Waals surface area contributed by atoms with E-state index in [-0.39, 0.29) is 0 Å². The lowest BCUT2D eigenvalue weighted by atomic mass is 10.0. The highest BCUT2D eigenvalue weighted by atomic mass is 14.7. The molecule has 0 radical (unpaired) electrons. The Labute approximate surface area is 163 Å². The minimum Gasteiger partial charge on any atom is -0.256 e. The molecule has 3 aromatic carbocycles. The van der Waals surface area contributed by atoms with Gasteiger partial charge in [0.15, 0.2) is 0 Å². The predicted octanol–water partition coefficient (Wildman–Crippen LogP) is 6.62. The summed E-state index contributed by atoms with van der Waals surface area (Å²) in [7, 11) is 0. The Bertz CT molecular complexity index is 1300. The highest BCUT2D eigenvalue weighted by Gasteiger charge is 2.08. The van der Waals surface area contributed by atoms with Crippen molar-refractivity contribution in [3.8, 4) is 11.3 Å². The van der Waals surface area contributed by atoms with Gasteiger partial charge >= 0.3 is 0 Å². The fourth-order valence-electron chi connectivity index (χ4n) is 3.52. The van der Waals surface area contributed by atoms with Gasteiger partial charge in [0.2, 0.25) is 0 Å². The van der Waals surface area contributed by atoms with E-state index in [0.29, 0.717) is 0 Å². The van der Waals surface area contributed by atoms with E-state index >= 15 is 0 Å². The number of benzene rings is 3. The maximum absolute atomic E-state index is 5.02. The van der Waals surface area contributed by atoms with Crippen LogP contribution in [0, 0.1) is 0 Å². The first kappa shape index (κ1) is 16.4. The zero-order valence-electron chi connectivity index (χ0n) is 15.3. The summed E-state index contributed by atoms with van der Waals surface area (Å²) in [4.78, 5) is 9.60. The maximum atomic E-state index is 5.02. The summed E-state index contributed by atoms with van der Waals surface area (Å²) < 4.78 is 0. The Balaban J connectivity index is 1.65. The maximum Gasteiger partial charge on any atom is 0.0795 e. The summed E-state index contributed by atoms with van der Waals surface area (Å²) in [5.41, 5.74) is 6.26. The molecular formula is C26H18N2. The number of hydrogen-bond donors (Lipinski definition) is 0. The monoisotopic (exact) mass is 358 g/mol. The lowest BCUT2D eigenvalue weighted by Crippen LogP contribution is -1.90. The molecule has 0 unspecified atom stereocenters. The first-order chi connectivity index (χ1) is 13.9. The minimum atomic E-state index is 0.942. The SMILES string of the molecule is C(=Cc1cccc2ccc(-c3cccc4cccnc34)nc12)c1ccccc1. The van der Waals surface area contributed by atoms with Crippen LogP contribution in [0.25, 0.3) is 45.2 Å². The zero-order chi connectivity index (χ0) is 18.8. The third-order valence-electron chi connectivity index (χ3n) is 4.92. The lowest BCUT2D eigenvalue weighted by molar-refractivity contribution is 1.37. The molecule has 5 rings (SSSR count). The van der Waals surface area contributed by atoms with E-state index in [1.54, 1.807) is 0 Å². The number of nitrogens with zero attached hydrogens (tertiary/aromatic N) is 2. The molecule has 0 saturated carbocycles. The number of aromatic nitrogens is 2. The van der Waals surface area contributed by atoms with Gasteiger partial charge in [-0.15, -0.1) is 0 Å². The Morgan fingerprint density at radius 3 is 2.25 bits per heavy atom. The van der Waals surface area contributed by atoms with Crippen LogP contribution < -0.4 is 0 Å². The van der Waals surface area contributed by atoms with Gasteiger partial charge in [0, 0.05) is 28.1 Å². The summed E-state index contributed by atoms with van der Waals surface area (Å²) in [6.45, 7) is 0. The van der Waals surface area contributed by atoms with Crippen LogP contribution in [0.5, 0.6) is 0 Å². The third kappa shape index (κ3) is 3.06. The molecule has 0 aliphatic carbocycles. The van der Waals surface area contributed by atoms with Gasteiger partial charge < -0.3 is 0 Å². The average molecular weight is 358 g/mol. The summed E-state index contributed by atoms with van der Waals surface area (Å²) >= 11 is 0. The van der Waals surface area contributed by atoms with E-state index in [1.165, 1.54) is 5.56 Å². The Morgan fingerprint density at radius 2 is 1.36 bits per heavy atom. The van der Waals surface area contributed by atoms with Crippen molar-refractivity contribution in [2.24, 2.45) is 0 Å². The molecule has 0 atom stereocenters. The highest BCUT2D eigenvalue weighted by molar-refractivity contribution is 5.96. The second-order valence-corrected chi connectivity index (χ2v) is 6.74. The van der Waals surface area contributed by atoms with Crippen LogP contribution in [0.2, 0.25) is 0 Å². The van der Waals surface area contributed by atoms with Crippen molar-refractivity contribution in [3.63, 3.8) is 0 Å². The second-order valence-electron chi connectivity index (χ2n) is 6.74. The van der Waals surface area contributed by atoms with Crippen molar-refractivity contribution in [2.45, 2.75) is 0 Å². The minimum absolute atomic E-state index is 0.942. The van der Waals surface area contributed by atoms with E-state index in [1.807, 2.05) is 30.5 Å². The highest BCUT2D eigenvalue weighted by Crippen LogP contribution is 2.28. The molecule has 28 heavy (non-hydrogen) atoms. The molecule has 2 heteroatoms. The van der Waals surface area contributed by atoms with Gasteiger partial charge in [-0.1, -0.05) is 91.0 Å². The molecule has 0 spiro atoms. The Morgan fingerprint density at radius 1 is 0.571 bits per heavy atom. The first-order valence-electron chi connectivity index (χ1n) is 9.35. The van der Waals surface area contributed by atoms with Crippen LogP contribution in [0.4, 0.5) is 0 Å². The summed E-state index contributed by atoms with van der Waals surface area (Å²) in [6.07, 6.45) is 6.10. The van der Waals surface area contributed by atoms with Crippen molar-refractivity contribution in [1.29, 1.82) is 0 Å². The summed E-state index contributed by atoms with van der Waals surface area (Å²) in [6, 6.07) is 31.1. The molecule has 5 aromatic rings. The molecule has 0 N–H and O–H groups in total.